The van der Waals surface area contributed by atoms with Crippen LogP contribution in [0, 0.1) is 6.92 Å². The molecule has 0 atom stereocenters. The van der Waals surface area contributed by atoms with Gasteiger partial charge in [0.05, 0.1) is 12.2 Å². The summed E-state index contributed by atoms with van der Waals surface area (Å²) < 4.78 is 5.73. The van der Waals surface area contributed by atoms with Crippen molar-refractivity contribution in [2.75, 3.05) is 24.6 Å². The van der Waals surface area contributed by atoms with E-state index in [2.05, 4.69) is 43.9 Å². The molecule has 0 amide bonds. The van der Waals surface area contributed by atoms with Gasteiger partial charge in [-0.05, 0) is 44.0 Å². The number of nitrogens with zero attached hydrogens (tertiary/aromatic N) is 1. The van der Waals surface area contributed by atoms with Gasteiger partial charge in [0.25, 0.3) is 0 Å². The van der Waals surface area contributed by atoms with Crippen LogP contribution >= 0.6 is 0 Å². The smallest absolute Gasteiger partial charge is 0.0801 e. The van der Waals surface area contributed by atoms with Crippen LogP contribution in [0.5, 0.6) is 0 Å². The van der Waals surface area contributed by atoms with Crippen LogP contribution in [0.2, 0.25) is 0 Å². The molecule has 1 aliphatic heterocycles. The van der Waals surface area contributed by atoms with Crippen molar-refractivity contribution >= 4 is 5.69 Å². The number of ether oxygens (including phenoxy) is 1. The Labute approximate surface area is 104 Å². The van der Waals surface area contributed by atoms with Crippen LogP contribution in [0.25, 0.3) is 0 Å². The number of hydrogen-bond acceptors (Lipinski definition) is 3. The van der Waals surface area contributed by atoms with Crippen LogP contribution in [0.15, 0.2) is 18.2 Å². The molecule has 0 spiro atoms. The van der Waals surface area contributed by atoms with Gasteiger partial charge in [0.15, 0.2) is 0 Å². The Morgan fingerprint density at radius 3 is 2.76 bits per heavy atom. The molecule has 1 saturated heterocycles. The number of nitrogens with two attached hydrogens (primary N) is 1. The third kappa shape index (κ3) is 2.79. The first kappa shape index (κ1) is 12.4. The van der Waals surface area contributed by atoms with Crippen molar-refractivity contribution in [3.8, 4) is 0 Å². The summed E-state index contributed by atoms with van der Waals surface area (Å²) in [7, 11) is 0. The van der Waals surface area contributed by atoms with Crippen LogP contribution in [-0.4, -0.2) is 25.3 Å². The summed E-state index contributed by atoms with van der Waals surface area (Å²) >= 11 is 0. The summed E-state index contributed by atoms with van der Waals surface area (Å²) in [6.45, 7) is 9.71. The third-order valence-corrected chi connectivity index (χ3v) is 3.34. The quantitative estimate of drug-likeness (QED) is 0.851. The van der Waals surface area contributed by atoms with E-state index in [1.165, 1.54) is 16.8 Å². The molecule has 1 aliphatic rings. The third-order valence-electron chi connectivity index (χ3n) is 3.34. The van der Waals surface area contributed by atoms with E-state index in [4.69, 9.17) is 10.5 Å². The lowest BCUT2D eigenvalue weighted by Gasteiger charge is -2.39. The fraction of sp³-hybridized carbons (Fsp3) is 0.571. The molecule has 1 aromatic rings. The Balaban J connectivity index is 2.19. The molecule has 1 heterocycles. The first-order chi connectivity index (χ1) is 8.02. The highest BCUT2D eigenvalue weighted by atomic mass is 16.5. The van der Waals surface area contributed by atoms with Crippen molar-refractivity contribution in [1.29, 1.82) is 0 Å². The fourth-order valence-electron chi connectivity index (χ4n) is 2.34. The second kappa shape index (κ2) is 4.67. The SMILES string of the molecule is Cc1cc(N2CCOC(C)(C)C2)ccc1CN. The van der Waals surface area contributed by atoms with Crippen LogP contribution in [0.4, 0.5) is 5.69 Å². The van der Waals surface area contributed by atoms with E-state index in [-0.39, 0.29) is 5.60 Å². The molecule has 1 fully saturated rings. The summed E-state index contributed by atoms with van der Waals surface area (Å²) in [5.41, 5.74) is 9.40. The van der Waals surface area contributed by atoms with Gasteiger partial charge in [0.1, 0.15) is 0 Å². The van der Waals surface area contributed by atoms with Gasteiger partial charge < -0.3 is 15.4 Å². The lowest BCUT2D eigenvalue weighted by atomic mass is 10.0. The summed E-state index contributed by atoms with van der Waals surface area (Å²) in [5.74, 6) is 0. The van der Waals surface area contributed by atoms with Gasteiger partial charge in [-0.25, -0.2) is 0 Å². The zero-order valence-corrected chi connectivity index (χ0v) is 11.0. The van der Waals surface area contributed by atoms with Gasteiger partial charge in [-0.2, -0.15) is 0 Å². The summed E-state index contributed by atoms with van der Waals surface area (Å²) in [4.78, 5) is 2.39. The van der Waals surface area contributed by atoms with Crippen molar-refractivity contribution in [1.82, 2.24) is 0 Å². The molecule has 2 rings (SSSR count). The van der Waals surface area contributed by atoms with Crippen molar-refractivity contribution in [3.63, 3.8) is 0 Å². The van der Waals surface area contributed by atoms with E-state index in [0.29, 0.717) is 6.54 Å². The molecule has 0 unspecified atom stereocenters. The summed E-state index contributed by atoms with van der Waals surface area (Å²) in [6.07, 6.45) is 0. The number of benzene rings is 1. The van der Waals surface area contributed by atoms with Crippen molar-refractivity contribution in [2.45, 2.75) is 32.9 Å². The van der Waals surface area contributed by atoms with Crippen LogP contribution in [0.3, 0.4) is 0 Å². The zero-order chi connectivity index (χ0) is 12.5. The lowest BCUT2D eigenvalue weighted by Crippen LogP contribution is -2.48. The van der Waals surface area contributed by atoms with E-state index in [1.54, 1.807) is 0 Å². The maximum atomic E-state index is 5.73. The standard InChI is InChI=1S/C14H22N2O/c1-11-8-13(5-4-12(11)9-15)16-6-7-17-14(2,3)10-16/h4-5,8H,6-7,9-10,15H2,1-3H3. The normalized spacial score (nSPS) is 19.4. The van der Waals surface area contributed by atoms with Crippen molar-refractivity contribution in [2.24, 2.45) is 5.73 Å². The van der Waals surface area contributed by atoms with Crippen molar-refractivity contribution < 1.29 is 4.74 Å². The van der Waals surface area contributed by atoms with E-state index < -0.39 is 0 Å². The Morgan fingerprint density at radius 1 is 1.41 bits per heavy atom. The molecule has 94 valence electrons. The number of hydrogen-bond donors (Lipinski definition) is 1. The molecule has 3 nitrogen and oxygen atoms in total. The van der Waals surface area contributed by atoms with Gasteiger partial charge >= 0.3 is 0 Å². The Bertz CT molecular complexity index is 401. The molecule has 0 saturated carbocycles. The molecule has 2 N–H and O–H groups in total. The molecular formula is C14H22N2O. The topological polar surface area (TPSA) is 38.5 Å². The van der Waals surface area contributed by atoms with E-state index in [0.717, 1.165) is 19.7 Å². The second-order valence-electron chi connectivity index (χ2n) is 5.34. The Kier molecular flexibility index (Phi) is 3.40. The second-order valence-corrected chi connectivity index (χ2v) is 5.34. The highest BCUT2D eigenvalue weighted by Crippen LogP contribution is 2.24. The first-order valence-electron chi connectivity index (χ1n) is 6.20. The molecular weight excluding hydrogens is 212 g/mol. The Hall–Kier alpha value is -1.06. The minimum Gasteiger partial charge on any atom is -0.372 e. The molecule has 0 bridgehead atoms. The average molecular weight is 234 g/mol. The highest BCUT2D eigenvalue weighted by Gasteiger charge is 2.27. The lowest BCUT2D eigenvalue weighted by molar-refractivity contribution is -0.0276. The predicted molar refractivity (Wildman–Crippen MR) is 71.3 cm³/mol. The average Bonchev–Trinajstić information content (AvgIpc) is 2.27. The van der Waals surface area contributed by atoms with Gasteiger partial charge in [-0.1, -0.05) is 6.07 Å². The highest BCUT2D eigenvalue weighted by molar-refractivity contribution is 5.51. The maximum absolute atomic E-state index is 5.73. The van der Waals surface area contributed by atoms with Crippen LogP contribution in [0.1, 0.15) is 25.0 Å². The largest absolute Gasteiger partial charge is 0.372 e. The Morgan fingerprint density at radius 2 is 2.18 bits per heavy atom. The van der Waals surface area contributed by atoms with Crippen LogP contribution < -0.4 is 10.6 Å². The van der Waals surface area contributed by atoms with E-state index in [1.807, 2.05) is 0 Å². The van der Waals surface area contributed by atoms with Crippen LogP contribution in [-0.2, 0) is 11.3 Å². The van der Waals surface area contributed by atoms with Gasteiger partial charge in [-0.3, -0.25) is 0 Å². The van der Waals surface area contributed by atoms with E-state index in [9.17, 15) is 0 Å². The molecule has 1 aromatic carbocycles. The number of anilines is 1. The molecule has 0 aromatic heterocycles. The maximum Gasteiger partial charge on any atom is 0.0801 e. The minimum atomic E-state index is -0.0569. The number of morpholine rings is 1. The first-order valence-corrected chi connectivity index (χ1v) is 6.20. The molecule has 17 heavy (non-hydrogen) atoms. The number of aryl methyl sites for hydroxylation is 1. The van der Waals surface area contributed by atoms with Crippen molar-refractivity contribution in [3.05, 3.63) is 29.3 Å². The number of rotatable bonds is 2. The van der Waals surface area contributed by atoms with E-state index >= 15 is 0 Å². The monoisotopic (exact) mass is 234 g/mol. The fourth-order valence-corrected chi connectivity index (χ4v) is 2.34. The zero-order valence-electron chi connectivity index (χ0n) is 11.0. The van der Waals surface area contributed by atoms with Gasteiger partial charge in [0, 0.05) is 25.3 Å². The van der Waals surface area contributed by atoms with Gasteiger partial charge in [-0.15, -0.1) is 0 Å². The molecule has 3 heteroatoms. The predicted octanol–water partition coefficient (Wildman–Crippen LogP) is 2.07. The summed E-state index contributed by atoms with van der Waals surface area (Å²) in [5, 5.41) is 0. The summed E-state index contributed by atoms with van der Waals surface area (Å²) in [6, 6.07) is 6.52. The molecule has 0 radical (unpaired) electrons. The molecule has 0 aliphatic carbocycles. The van der Waals surface area contributed by atoms with Gasteiger partial charge in [0.2, 0.25) is 0 Å². The minimum absolute atomic E-state index is 0.0569.